The van der Waals surface area contributed by atoms with Crippen LogP contribution < -0.4 is 10.9 Å². The van der Waals surface area contributed by atoms with Crippen molar-refractivity contribution < 1.29 is 9.53 Å². The Hall–Kier alpha value is -1.96. The highest BCUT2D eigenvalue weighted by molar-refractivity contribution is 9.10. The van der Waals surface area contributed by atoms with Gasteiger partial charge in [-0.15, -0.1) is 0 Å². The van der Waals surface area contributed by atoms with Crippen LogP contribution in [0.25, 0.3) is 0 Å². The van der Waals surface area contributed by atoms with E-state index in [2.05, 4.69) is 45.2 Å². The summed E-state index contributed by atoms with van der Waals surface area (Å²) in [5.41, 5.74) is 2.07. The van der Waals surface area contributed by atoms with Crippen molar-refractivity contribution in [2.75, 3.05) is 19.7 Å². The molecular formula is C20H24BrN3O3. The number of morpholine rings is 1. The summed E-state index contributed by atoms with van der Waals surface area (Å²) < 4.78 is 7.73. The van der Waals surface area contributed by atoms with E-state index in [-0.39, 0.29) is 24.1 Å². The molecule has 27 heavy (non-hydrogen) atoms. The molecule has 0 spiro atoms. The molecule has 1 aliphatic heterocycles. The van der Waals surface area contributed by atoms with Gasteiger partial charge in [0.25, 0.3) is 5.56 Å². The fourth-order valence-corrected chi connectivity index (χ4v) is 3.55. The van der Waals surface area contributed by atoms with E-state index in [4.69, 9.17) is 4.74 Å². The molecule has 1 fully saturated rings. The van der Waals surface area contributed by atoms with Crippen molar-refractivity contribution >= 4 is 21.8 Å². The normalized spacial score (nSPS) is 17.6. The maximum atomic E-state index is 12.2. The maximum absolute atomic E-state index is 12.2. The van der Waals surface area contributed by atoms with Crippen molar-refractivity contribution in [1.82, 2.24) is 14.8 Å². The predicted octanol–water partition coefficient (Wildman–Crippen LogP) is 2.15. The standard InChI is InChI=1S/C20H24BrN3O3/c1-15-11-23(7-8-27-15)12-17-4-2-3-16(9-17)10-22-19(25)14-24-13-18(21)5-6-20(24)26/h2-6,9,13,15H,7-8,10-12,14H2,1H3,(H,22,25). The number of halogens is 1. The molecule has 144 valence electrons. The molecular weight excluding hydrogens is 410 g/mol. The maximum Gasteiger partial charge on any atom is 0.251 e. The Morgan fingerprint density at radius 3 is 2.93 bits per heavy atom. The summed E-state index contributed by atoms with van der Waals surface area (Å²) in [6.07, 6.45) is 1.88. The molecule has 1 aromatic heterocycles. The summed E-state index contributed by atoms with van der Waals surface area (Å²) in [7, 11) is 0. The largest absolute Gasteiger partial charge is 0.376 e. The number of rotatable bonds is 6. The van der Waals surface area contributed by atoms with Crippen molar-refractivity contribution in [3.63, 3.8) is 0 Å². The summed E-state index contributed by atoms with van der Waals surface area (Å²) in [6.45, 7) is 6.05. The average Bonchev–Trinajstić information content (AvgIpc) is 2.63. The van der Waals surface area contributed by atoms with E-state index in [1.165, 1.54) is 16.2 Å². The van der Waals surface area contributed by atoms with E-state index < -0.39 is 0 Å². The second kappa shape index (κ2) is 9.30. The van der Waals surface area contributed by atoms with Crippen LogP contribution in [0.15, 0.2) is 51.9 Å². The number of hydrogen-bond acceptors (Lipinski definition) is 4. The lowest BCUT2D eigenvalue weighted by Crippen LogP contribution is -2.40. The molecule has 1 atom stereocenters. The zero-order valence-electron chi connectivity index (χ0n) is 15.4. The van der Waals surface area contributed by atoms with Crippen LogP contribution in [-0.2, 0) is 29.2 Å². The number of nitrogens with zero attached hydrogens (tertiary/aromatic N) is 2. The zero-order chi connectivity index (χ0) is 19.2. The lowest BCUT2D eigenvalue weighted by Gasteiger charge is -2.31. The summed E-state index contributed by atoms with van der Waals surface area (Å²) in [5.74, 6) is -0.192. The van der Waals surface area contributed by atoms with Crippen LogP contribution in [0.4, 0.5) is 0 Å². The van der Waals surface area contributed by atoms with Gasteiger partial charge in [0.2, 0.25) is 5.91 Å². The molecule has 1 N–H and O–H groups in total. The van der Waals surface area contributed by atoms with E-state index in [1.807, 2.05) is 12.1 Å². The molecule has 1 unspecified atom stereocenters. The predicted molar refractivity (Wildman–Crippen MR) is 107 cm³/mol. The Bertz CT molecular complexity index is 852. The van der Waals surface area contributed by atoms with Crippen molar-refractivity contribution in [3.8, 4) is 0 Å². The molecule has 0 bridgehead atoms. The van der Waals surface area contributed by atoms with Crippen molar-refractivity contribution in [3.05, 3.63) is 68.5 Å². The monoisotopic (exact) mass is 433 g/mol. The molecule has 7 heteroatoms. The average molecular weight is 434 g/mol. The lowest BCUT2D eigenvalue weighted by molar-refractivity contribution is -0.121. The van der Waals surface area contributed by atoms with Crippen molar-refractivity contribution in [2.24, 2.45) is 0 Å². The summed E-state index contributed by atoms with van der Waals surface area (Å²) >= 11 is 3.31. The van der Waals surface area contributed by atoms with Gasteiger partial charge in [-0.05, 0) is 40.0 Å². The van der Waals surface area contributed by atoms with Crippen LogP contribution >= 0.6 is 15.9 Å². The minimum absolute atomic E-state index is 0.00360. The number of ether oxygens (including phenoxy) is 1. The van der Waals surface area contributed by atoms with Gasteiger partial charge in [-0.1, -0.05) is 24.3 Å². The SMILES string of the molecule is CC1CN(Cc2cccc(CNC(=O)Cn3cc(Br)ccc3=O)c2)CCO1. The Morgan fingerprint density at radius 2 is 2.11 bits per heavy atom. The number of carbonyl (C=O) groups is 1. The highest BCUT2D eigenvalue weighted by atomic mass is 79.9. The molecule has 1 aliphatic rings. The van der Waals surface area contributed by atoms with E-state index >= 15 is 0 Å². The van der Waals surface area contributed by atoms with Gasteiger partial charge in [0.05, 0.1) is 12.7 Å². The van der Waals surface area contributed by atoms with Gasteiger partial charge in [0, 0.05) is 42.9 Å². The first-order chi connectivity index (χ1) is 13.0. The Kier molecular flexibility index (Phi) is 6.82. The minimum atomic E-state index is -0.199. The first-order valence-corrected chi connectivity index (χ1v) is 9.83. The fourth-order valence-electron chi connectivity index (χ4n) is 3.17. The minimum Gasteiger partial charge on any atom is -0.376 e. The van der Waals surface area contributed by atoms with Gasteiger partial charge < -0.3 is 14.6 Å². The number of amides is 1. The van der Waals surface area contributed by atoms with Gasteiger partial charge in [-0.25, -0.2) is 0 Å². The van der Waals surface area contributed by atoms with E-state index in [9.17, 15) is 9.59 Å². The lowest BCUT2D eigenvalue weighted by atomic mass is 10.1. The summed E-state index contributed by atoms with van der Waals surface area (Å²) in [4.78, 5) is 26.3. The number of nitrogens with one attached hydrogen (secondary N) is 1. The second-order valence-corrected chi connectivity index (χ2v) is 7.74. The Morgan fingerprint density at radius 1 is 1.30 bits per heavy atom. The molecule has 1 amide bonds. The first-order valence-electron chi connectivity index (χ1n) is 9.04. The van der Waals surface area contributed by atoms with Crippen LogP contribution in [0.2, 0.25) is 0 Å². The highest BCUT2D eigenvalue weighted by Gasteiger charge is 2.16. The van der Waals surface area contributed by atoms with Crippen LogP contribution in [0, 0.1) is 0 Å². The smallest absolute Gasteiger partial charge is 0.251 e. The zero-order valence-corrected chi connectivity index (χ0v) is 16.9. The van der Waals surface area contributed by atoms with Crippen LogP contribution in [0.1, 0.15) is 18.1 Å². The molecule has 1 aromatic carbocycles. The number of pyridine rings is 1. The number of carbonyl (C=O) groups excluding carboxylic acids is 1. The van der Waals surface area contributed by atoms with Gasteiger partial charge in [-0.2, -0.15) is 0 Å². The van der Waals surface area contributed by atoms with E-state index in [0.29, 0.717) is 6.54 Å². The van der Waals surface area contributed by atoms with Gasteiger partial charge in [0.15, 0.2) is 0 Å². The number of hydrogen-bond donors (Lipinski definition) is 1. The number of benzene rings is 1. The molecule has 2 heterocycles. The Balaban J connectivity index is 1.54. The van der Waals surface area contributed by atoms with Gasteiger partial charge in [0.1, 0.15) is 6.54 Å². The fraction of sp³-hybridized carbons (Fsp3) is 0.400. The van der Waals surface area contributed by atoms with Crippen LogP contribution in [-0.4, -0.2) is 41.2 Å². The van der Waals surface area contributed by atoms with E-state index in [1.54, 1.807) is 12.3 Å². The molecule has 6 nitrogen and oxygen atoms in total. The van der Waals surface area contributed by atoms with Crippen LogP contribution in [0.3, 0.4) is 0 Å². The summed E-state index contributed by atoms with van der Waals surface area (Å²) in [6, 6.07) is 11.3. The first kappa shape index (κ1) is 19.8. The van der Waals surface area contributed by atoms with Crippen molar-refractivity contribution in [2.45, 2.75) is 32.7 Å². The highest BCUT2D eigenvalue weighted by Crippen LogP contribution is 2.12. The Labute approximate surface area is 167 Å². The third-order valence-electron chi connectivity index (χ3n) is 4.47. The third-order valence-corrected chi connectivity index (χ3v) is 4.94. The molecule has 0 aliphatic carbocycles. The second-order valence-electron chi connectivity index (χ2n) is 6.83. The van der Waals surface area contributed by atoms with Crippen molar-refractivity contribution in [1.29, 1.82) is 0 Å². The third kappa shape index (κ3) is 6.02. The van der Waals surface area contributed by atoms with Crippen LogP contribution in [0.5, 0.6) is 0 Å². The summed E-state index contributed by atoms with van der Waals surface area (Å²) in [5, 5.41) is 2.88. The van der Waals surface area contributed by atoms with Gasteiger partial charge >= 0.3 is 0 Å². The molecule has 0 saturated carbocycles. The molecule has 2 aromatic rings. The number of aromatic nitrogens is 1. The topological polar surface area (TPSA) is 63.6 Å². The molecule has 0 radical (unpaired) electrons. The van der Waals surface area contributed by atoms with E-state index in [0.717, 1.165) is 36.3 Å². The van der Waals surface area contributed by atoms with Gasteiger partial charge in [-0.3, -0.25) is 14.5 Å². The quantitative estimate of drug-likeness (QED) is 0.757. The molecule has 3 rings (SSSR count). The molecule has 1 saturated heterocycles.